The van der Waals surface area contributed by atoms with Gasteiger partial charge in [-0.3, -0.25) is 14.5 Å². The van der Waals surface area contributed by atoms with Gasteiger partial charge >= 0.3 is 0 Å². The second-order valence-electron chi connectivity index (χ2n) is 6.74. The van der Waals surface area contributed by atoms with Crippen molar-refractivity contribution in [1.82, 2.24) is 4.90 Å². The summed E-state index contributed by atoms with van der Waals surface area (Å²) < 4.78 is 5.19. The summed E-state index contributed by atoms with van der Waals surface area (Å²) in [5.74, 6) is 0.149. The van der Waals surface area contributed by atoms with Crippen LogP contribution in [-0.2, 0) is 9.59 Å². The number of ether oxygens (including phenoxy) is 1. The zero-order valence-electron chi connectivity index (χ0n) is 16.1. The predicted octanol–water partition coefficient (Wildman–Crippen LogP) is 3.91. The molecule has 5 nitrogen and oxygen atoms in total. The average Bonchev–Trinajstić information content (AvgIpc) is 2.86. The van der Waals surface area contributed by atoms with Crippen molar-refractivity contribution in [2.24, 2.45) is 0 Å². The van der Waals surface area contributed by atoms with E-state index in [1.807, 2.05) is 32.9 Å². The standard InChI is InChI=1S/C22H24N2O3/c1-5-10-24-21(25)19(16-6-8-18(27-4)9-7-16)20(22(24)26)23-17-12-14(2)11-15(3)13-17/h6-9,11-13,23H,5,10H2,1-4H3. The molecule has 140 valence electrons. The second kappa shape index (κ2) is 7.66. The van der Waals surface area contributed by atoms with Gasteiger partial charge < -0.3 is 10.1 Å². The van der Waals surface area contributed by atoms with Crippen molar-refractivity contribution in [2.75, 3.05) is 19.0 Å². The van der Waals surface area contributed by atoms with Crippen LogP contribution in [0.15, 0.2) is 48.2 Å². The van der Waals surface area contributed by atoms with Crippen LogP contribution in [0.1, 0.15) is 30.0 Å². The number of benzene rings is 2. The predicted molar refractivity (Wildman–Crippen MR) is 106 cm³/mol. The first kappa shape index (κ1) is 18.7. The molecule has 1 aliphatic rings. The minimum atomic E-state index is -0.285. The van der Waals surface area contributed by atoms with E-state index in [2.05, 4.69) is 11.4 Å². The number of hydrogen-bond donors (Lipinski definition) is 1. The van der Waals surface area contributed by atoms with Crippen LogP contribution in [0.25, 0.3) is 5.57 Å². The Balaban J connectivity index is 2.07. The molecular formula is C22H24N2O3. The second-order valence-corrected chi connectivity index (χ2v) is 6.74. The molecule has 1 N–H and O–H groups in total. The van der Waals surface area contributed by atoms with E-state index >= 15 is 0 Å². The van der Waals surface area contributed by atoms with E-state index in [1.54, 1.807) is 31.4 Å². The molecule has 0 aromatic heterocycles. The minimum absolute atomic E-state index is 0.265. The van der Waals surface area contributed by atoms with E-state index in [0.29, 0.717) is 35.5 Å². The fraction of sp³-hybridized carbons (Fsp3) is 0.273. The third-order valence-corrected chi connectivity index (χ3v) is 4.48. The van der Waals surface area contributed by atoms with Gasteiger partial charge in [0.15, 0.2) is 0 Å². The lowest BCUT2D eigenvalue weighted by Gasteiger charge is -2.14. The first-order valence-electron chi connectivity index (χ1n) is 9.04. The van der Waals surface area contributed by atoms with Gasteiger partial charge in [-0.25, -0.2) is 0 Å². The van der Waals surface area contributed by atoms with E-state index < -0.39 is 0 Å². The molecule has 0 atom stereocenters. The van der Waals surface area contributed by atoms with Crippen LogP contribution in [0.3, 0.4) is 0 Å². The number of rotatable bonds is 6. The summed E-state index contributed by atoms with van der Waals surface area (Å²) in [5.41, 5.74) is 4.39. The van der Waals surface area contributed by atoms with Gasteiger partial charge in [0.1, 0.15) is 11.4 Å². The summed E-state index contributed by atoms with van der Waals surface area (Å²) >= 11 is 0. The van der Waals surface area contributed by atoms with Crippen molar-refractivity contribution in [2.45, 2.75) is 27.2 Å². The Kier molecular flexibility index (Phi) is 5.31. The summed E-state index contributed by atoms with van der Waals surface area (Å²) in [6.45, 7) is 6.35. The van der Waals surface area contributed by atoms with Crippen molar-refractivity contribution < 1.29 is 14.3 Å². The number of aryl methyl sites for hydroxylation is 2. The smallest absolute Gasteiger partial charge is 0.278 e. The molecule has 3 rings (SSSR count). The normalized spacial score (nSPS) is 14.1. The van der Waals surface area contributed by atoms with Gasteiger partial charge in [0.25, 0.3) is 11.8 Å². The fourth-order valence-electron chi connectivity index (χ4n) is 3.34. The molecule has 1 aliphatic heterocycles. The van der Waals surface area contributed by atoms with E-state index in [4.69, 9.17) is 4.74 Å². The SMILES string of the molecule is CCCN1C(=O)C(Nc2cc(C)cc(C)c2)=C(c2ccc(OC)cc2)C1=O. The van der Waals surface area contributed by atoms with E-state index in [1.165, 1.54) is 4.90 Å². The molecule has 2 amide bonds. The molecule has 5 heteroatoms. The lowest BCUT2D eigenvalue weighted by molar-refractivity contribution is -0.136. The highest BCUT2D eigenvalue weighted by Crippen LogP contribution is 2.31. The molecule has 2 aromatic carbocycles. The molecule has 0 saturated carbocycles. The van der Waals surface area contributed by atoms with Gasteiger partial charge in [-0.2, -0.15) is 0 Å². The molecule has 27 heavy (non-hydrogen) atoms. The fourth-order valence-corrected chi connectivity index (χ4v) is 3.34. The Hall–Kier alpha value is -3.08. The number of carbonyl (C=O) groups excluding carboxylic acids is 2. The molecule has 0 bridgehead atoms. The summed E-state index contributed by atoms with van der Waals surface area (Å²) in [5, 5.41) is 3.20. The monoisotopic (exact) mass is 364 g/mol. The van der Waals surface area contributed by atoms with Crippen LogP contribution >= 0.6 is 0 Å². The maximum Gasteiger partial charge on any atom is 0.278 e. The first-order chi connectivity index (χ1) is 12.9. The van der Waals surface area contributed by atoms with E-state index in [-0.39, 0.29) is 11.8 Å². The maximum atomic E-state index is 13.0. The average molecular weight is 364 g/mol. The largest absolute Gasteiger partial charge is 0.497 e. The lowest BCUT2D eigenvalue weighted by atomic mass is 10.0. The number of amides is 2. The van der Waals surface area contributed by atoms with Gasteiger partial charge in [0, 0.05) is 12.2 Å². The zero-order chi connectivity index (χ0) is 19.6. The Morgan fingerprint density at radius 3 is 2.15 bits per heavy atom. The highest BCUT2D eigenvalue weighted by Gasteiger charge is 2.38. The van der Waals surface area contributed by atoms with Crippen LogP contribution < -0.4 is 10.1 Å². The van der Waals surface area contributed by atoms with Gasteiger partial charge in [0.05, 0.1) is 12.7 Å². The molecule has 0 fully saturated rings. The van der Waals surface area contributed by atoms with Gasteiger partial charge in [0.2, 0.25) is 0 Å². The number of nitrogens with zero attached hydrogens (tertiary/aromatic N) is 1. The zero-order valence-corrected chi connectivity index (χ0v) is 16.1. The van der Waals surface area contributed by atoms with Gasteiger partial charge in [-0.1, -0.05) is 25.1 Å². The number of nitrogens with one attached hydrogen (secondary N) is 1. The topological polar surface area (TPSA) is 58.6 Å². The van der Waals surface area contributed by atoms with Crippen molar-refractivity contribution >= 4 is 23.1 Å². The van der Waals surface area contributed by atoms with E-state index in [9.17, 15) is 9.59 Å². The highest BCUT2D eigenvalue weighted by molar-refractivity contribution is 6.36. The molecule has 0 spiro atoms. The van der Waals surface area contributed by atoms with Crippen molar-refractivity contribution in [3.8, 4) is 5.75 Å². The maximum absolute atomic E-state index is 13.0. The van der Waals surface area contributed by atoms with Crippen LogP contribution in [0.2, 0.25) is 0 Å². The molecule has 0 unspecified atom stereocenters. The summed E-state index contributed by atoms with van der Waals surface area (Å²) in [7, 11) is 1.59. The van der Waals surface area contributed by atoms with Crippen molar-refractivity contribution in [1.29, 1.82) is 0 Å². The Labute approximate surface area is 159 Å². The molecule has 0 aliphatic carbocycles. The summed E-state index contributed by atoms with van der Waals surface area (Å²) in [6.07, 6.45) is 0.713. The van der Waals surface area contributed by atoms with Crippen molar-refractivity contribution in [3.05, 3.63) is 64.9 Å². The number of anilines is 1. The minimum Gasteiger partial charge on any atom is -0.497 e. The Bertz CT molecular complexity index is 893. The van der Waals surface area contributed by atoms with Crippen LogP contribution in [-0.4, -0.2) is 30.4 Å². The number of hydrogen-bond acceptors (Lipinski definition) is 4. The molecule has 0 saturated heterocycles. The Morgan fingerprint density at radius 1 is 0.963 bits per heavy atom. The van der Waals surface area contributed by atoms with E-state index in [0.717, 1.165) is 16.8 Å². The van der Waals surface area contributed by atoms with Gasteiger partial charge in [-0.15, -0.1) is 0 Å². The van der Waals surface area contributed by atoms with Gasteiger partial charge in [-0.05, 0) is 61.2 Å². The lowest BCUT2D eigenvalue weighted by Crippen LogP contribution is -2.33. The molecule has 1 heterocycles. The summed E-state index contributed by atoms with van der Waals surface area (Å²) in [6, 6.07) is 13.2. The number of imide groups is 1. The summed E-state index contributed by atoms with van der Waals surface area (Å²) in [4.78, 5) is 27.2. The molecule has 2 aromatic rings. The molecular weight excluding hydrogens is 340 g/mol. The molecule has 0 radical (unpaired) electrons. The van der Waals surface area contributed by atoms with Crippen LogP contribution in [0.5, 0.6) is 5.75 Å². The quantitative estimate of drug-likeness (QED) is 0.790. The number of carbonyl (C=O) groups is 2. The highest BCUT2D eigenvalue weighted by atomic mass is 16.5. The first-order valence-corrected chi connectivity index (χ1v) is 9.04. The van der Waals surface area contributed by atoms with Crippen LogP contribution in [0.4, 0.5) is 5.69 Å². The Morgan fingerprint density at radius 2 is 1.59 bits per heavy atom. The van der Waals surface area contributed by atoms with Crippen molar-refractivity contribution in [3.63, 3.8) is 0 Å². The van der Waals surface area contributed by atoms with Crippen LogP contribution in [0, 0.1) is 13.8 Å². The third-order valence-electron chi connectivity index (χ3n) is 4.48. The third kappa shape index (κ3) is 3.72. The number of methoxy groups -OCH3 is 1.